The minimum Gasteiger partial charge on any atom is -0.307 e. The van der Waals surface area contributed by atoms with Crippen molar-refractivity contribution in [1.82, 2.24) is 20.1 Å². The van der Waals surface area contributed by atoms with Crippen molar-refractivity contribution >= 4 is 0 Å². The van der Waals surface area contributed by atoms with Gasteiger partial charge in [-0.05, 0) is 33.6 Å². The maximum absolute atomic E-state index is 4.27. The van der Waals surface area contributed by atoms with Gasteiger partial charge >= 0.3 is 0 Å². The molecule has 14 heavy (non-hydrogen) atoms. The van der Waals surface area contributed by atoms with E-state index in [-0.39, 0.29) is 5.54 Å². The standard InChI is InChI=1S/C10H18N4/c1-10(2,3)14-9(12-7-13-14)6-11-8-4-5-8/h7-8,11H,4-6H2,1-3H3. The molecule has 4 nitrogen and oxygen atoms in total. The monoisotopic (exact) mass is 194 g/mol. The molecular formula is C10H18N4. The summed E-state index contributed by atoms with van der Waals surface area (Å²) in [5, 5.41) is 7.70. The van der Waals surface area contributed by atoms with Gasteiger partial charge in [-0.2, -0.15) is 5.10 Å². The highest BCUT2D eigenvalue weighted by molar-refractivity contribution is 4.92. The Morgan fingerprint density at radius 1 is 1.50 bits per heavy atom. The van der Waals surface area contributed by atoms with E-state index in [1.165, 1.54) is 12.8 Å². The van der Waals surface area contributed by atoms with E-state index >= 15 is 0 Å². The second-order valence-electron chi connectivity index (χ2n) is 4.91. The lowest BCUT2D eigenvalue weighted by molar-refractivity contribution is 0.337. The molecule has 1 aromatic rings. The van der Waals surface area contributed by atoms with Gasteiger partial charge in [0, 0.05) is 6.04 Å². The highest BCUT2D eigenvalue weighted by Gasteiger charge is 2.23. The zero-order valence-corrected chi connectivity index (χ0v) is 9.12. The van der Waals surface area contributed by atoms with Gasteiger partial charge in [0.2, 0.25) is 0 Å². The molecule has 1 fully saturated rings. The predicted molar refractivity (Wildman–Crippen MR) is 54.9 cm³/mol. The third-order valence-corrected chi connectivity index (χ3v) is 2.38. The van der Waals surface area contributed by atoms with E-state index in [4.69, 9.17) is 0 Å². The first kappa shape index (κ1) is 9.65. The maximum atomic E-state index is 4.27. The fourth-order valence-corrected chi connectivity index (χ4v) is 1.47. The summed E-state index contributed by atoms with van der Waals surface area (Å²) in [7, 11) is 0. The second kappa shape index (κ2) is 3.35. The molecule has 1 aliphatic carbocycles. The molecule has 78 valence electrons. The van der Waals surface area contributed by atoms with Gasteiger partial charge in [-0.3, -0.25) is 0 Å². The Morgan fingerprint density at radius 2 is 2.21 bits per heavy atom. The molecule has 1 N–H and O–H groups in total. The number of aromatic nitrogens is 3. The quantitative estimate of drug-likeness (QED) is 0.788. The molecular weight excluding hydrogens is 176 g/mol. The third-order valence-electron chi connectivity index (χ3n) is 2.38. The van der Waals surface area contributed by atoms with Crippen LogP contribution in [0.25, 0.3) is 0 Å². The summed E-state index contributed by atoms with van der Waals surface area (Å²) < 4.78 is 1.99. The van der Waals surface area contributed by atoms with Crippen LogP contribution >= 0.6 is 0 Å². The molecule has 0 radical (unpaired) electrons. The summed E-state index contributed by atoms with van der Waals surface area (Å²) >= 11 is 0. The molecule has 0 aliphatic heterocycles. The molecule has 1 aliphatic rings. The molecule has 1 heterocycles. The lowest BCUT2D eigenvalue weighted by Gasteiger charge is -2.21. The fraction of sp³-hybridized carbons (Fsp3) is 0.800. The molecule has 0 aromatic carbocycles. The predicted octanol–water partition coefficient (Wildman–Crippen LogP) is 1.29. The van der Waals surface area contributed by atoms with E-state index in [2.05, 4.69) is 36.2 Å². The van der Waals surface area contributed by atoms with Crippen molar-refractivity contribution in [2.45, 2.75) is 51.7 Å². The SMILES string of the molecule is CC(C)(C)n1ncnc1CNC1CC1. The van der Waals surface area contributed by atoms with Crippen molar-refractivity contribution in [3.05, 3.63) is 12.2 Å². The van der Waals surface area contributed by atoms with E-state index < -0.39 is 0 Å². The normalized spacial score (nSPS) is 17.4. The van der Waals surface area contributed by atoms with Gasteiger partial charge in [0.05, 0.1) is 12.1 Å². The van der Waals surface area contributed by atoms with Crippen LogP contribution in [0.15, 0.2) is 6.33 Å². The highest BCUT2D eigenvalue weighted by atomic mass is 15.4. The first-order valence-corrected chi connectivity index (χ1v) is 5.20. The number of nitrogens with zero attached hydrogens (tertiary/aromatic N) is 3. The lowest BCUT2D eigenvalue weighted by Crippen LogP contribution is -2.28. The van der Waals surface area contributed by atoms with Gasteiger partial charge in [0.1, 0.15) is 12.2 Å². The van der Waals surface area contributed by atoms with Crippen molar-refractivity contribution in [3.63, 3.8) is 0 Å². The summed E-state index contributed by atoms with van der Waals surface area (Å²) in [5.74, 6) is 1.03. The number of nitrogens with one attached hydrogen (secondary N) is 1. The van der Waals surface area contributed by atoms with Gasteiger partial charge in [-0.25, -0.2) is 9.67 Å². The Balaban J connectivity index is 2.04. The molecule has 1 aromatic heterocycles. The van der Waals surface area contributed by atoms with E-state index in [1.807, 2.05) is 4.68 Å². The lowest BCUT2D eigenvalue weighted by atomic mass is 10.1. The maximum Gasteiger partial charge on any atom is 0.141 e. The van der Waals surface area contributed by atoms with Gasteiger partial charge in [-0.1, -0.05) is 0 Å². The van der Waals surface area contributed by atoms with Gasteiger partial charge in [-0.15, -0.1) is 0 Å². The largest absolute Gasteiger partial charge is 0.307 e. The molecule has 0 bridgehead atoms. The summed E-state index contributed by atoms with van der Waals surface area (Å²) in [5.41, 5.74) is 0.0249. The minimum atomic E-state index is 0.0249. The van der Waals surface area contributed by atoms with Crippen LogP contribution in [0.5, 0.6) is 0 Å². The molecule has 2 rings (SSSR count). The first-order chi connectivity index (χ1) is 6.57. The van der Waals surface area contributed by atoms with E-state index in [9.17, 15) is 0 Å². The Labute approximate surface area is 84.7 Å². The van der Waals surface area contributed by atoms with Crippen LogP contribution in [0.4, 0.5) is 0 Å². The topological polar surface area (TPSA) is 42.7 Å². The summed E-state index contributed by atoms with van der Waals surface area (Å²) in [6, 6.07) is 0.722. The van der Waals surface area contributed by atoms with E-state index in [1.54, 1.807) is 6.33 Å². The third kappa shape index (κ3) is 2.12. The molecule has 0 amide bonds. The number of hydrogen-bond donors (Lipinski definition) is 1. The zero-order chi connectivity index (χ0) is 10.2. The van der Waals surface area contributed by atoms with Crippen LogP contribution in [0, 0.1) is 0 Å². The molecule has 0 atom stereocenters. The van der Waals surface area contributed by atoms with Crippen LogP contribution in [-0.2, 0) is 12.1 Å². The zero-order valence-electron chi connectivity index (χ0n) is 9.12. The molecule has 0 unspecified atom stereocenters. The Bertz CT molecular complexity index is 306. The van der Waals surface area contributed by atoms with Crippen LogP contribution in [0.1, 0.15) is 39.4 Å². The van der Waals surface area contributed by atoms with Crippen molar-refractivity contribution in [1.29, 1.82) is 0 Å². The second-order valence-corrected chi connectivity index (χ2v) is 4.91. The summed E-state index contributed by atoms with van der Waals surface area (Å²) in [6.07, 6.45) is 4.25. The van der Waals surface area contributed by atoms with Gasteiger partial charge in [0.25, 0.3) is 0 Å². The molecule has 1 saturated carbocycles. The Kier molecular flexibility index (Phi) is 2.31. The van der Waals surface area contributed by atoms with Crippen molar-refractivity contribution < 1.29 is 0 Å². The average Bonchev–Trinajstić information content (AvgIpc) is 2.77. The summed E-state index contributed by atoms with van der Waals surface area (Å²) in [6.45, 7) is 7.26. The molecule has 0 saturated heterocycles. The molecule has 4 heteroatoms. The van der Waals surface area contributed by atoms with Crippen LogP contribution in [-0.4, -0.2) is 20.8 Å². The van der Waals surface area contributed by atoms with Gasteiger partial charge in [0.15, 0.2) is 0 Å². The van der Waals surface area contributed by atoms with Crippen molar-refractivity contribution in [2.24, 2.45) is 0 Å². The van der Waals surface area contributed by atoms with E-state index in [0.29, 0.717) is 0 Å². The fourth-order valence-electron chi connectivity index (χ4n) is 1.47. The smallest absolute Gasteiger partial charge is 0.141 e. The number of hydrogen-bond acceptors (Lipinski definition) is 3. The summed E-state index contributed by atoms with van der Waals surface area (Å²) in [4.78, 5) is 4.27. The Hall–Kier alpha value is -0.900. The van der Waals surface area contributed by atoms with E-state index in [0.717, 1.165) is 18.4 Å². The van der Waals surface area contributed by atoms with Gasteiger partial charge < -0.3 is 5.32 Å². The van der Waals surface area contributed by atoms with Crippen molar-refractivity contribution in [3.8, 4) is 0 Å². The van der Waals surface area contributed by atoms with Crippen LogP contribution in [0.3, 0.4) is 0 Å². The minimum absolute atomic E-state index is 0.0249. The van der Waals surface area contributed by atoms with Crippen LogP contribution < -0.4 is 5.32 Å². The first-order valence-electron chi connectivity index (χ1n) is 5.20. The van der Waals surface area contributed by atoms with Crippen LogP contribution in [0.2, 0.25) is 0 Å². The average molecular weight is 194 g/mol. The van der Waals surface area contributed by atoms with Crippen molar-refractivity contribution in [2.75, 3.05) is 0 Å². The Morgan fingerprint density at radius 3 is 2.79 bits per heavy atom. The number of rotatable bonds is 3. The molecule has 0 spiro atoms. The highest BCUT2D eigenvalue weighted by Crippen LogP contribution is 2.20.